The van der Waals surface area contributed by atoms with Gasteiger partial charge in [-0.15, -0.1) is 11.3 Å². The predicted octanol–water partition coefficient (Wildman–Crippen LogP) is 2.65. The zero-order valence-corrected chi connectivity index (χ0v) is 12.6. The summed E-state index contributed by atoms with van der Waals surface area (Å²) in [5.74, 6) is 0.704. The molecule has 0 amide bonds. The van der Waals surface area contributed by atoms with E-state index in [2.05, 4.69) is 16.7 Å². The summed E-state index contributed by atoms with van der Waals surface area (Å²) in [6.07, 6.45) is 3.91. The third kappa shape index (κ3) is 3.50. The Balaban J connectivity index is 1.54. The molecule has 1 aliphatic heterocycles. The van der Waals surface area contributed by atoms with E-state index in [-0.39, 0.29) is 0 Å². The van der Waals surface area contributed by atoms with E-state index < -0.39 is 0 Å². The zero-order chi connectivity index (χ0) is 13.1. The highest BCUT2D eigenvalue weighted by Gasteiger charge is 2.34. The van der Waals surface area contributed by atoms with Crippen LogP contribution in [0.25, 0.3) is 0 Å². The van der Waals surface area contributed by atoms with Crippen molar-refractivity contribution in [1.82, 2.24) is 10.6 Å². The van der Waals surface area contributed by atoms with E-state index in [1.807, 2.05) is 6.07 Å². The predicted molar refractivity (Wildman–Crippen MR) is 79.9 cm³/mol. The summed E-state index contributed by atoms with van der Waals surface area (Å²) < 4.78 is 6.48. The van der Waals surface area contributed by atoms with Gasteiger partial charge in [0.2, 0.25) is 0 Å². The van der Waals surface area contributed by atoms with Gasteiger partial charge >= 0.3 is 0 Å². The van der Waals surface area contributed by atoms with E-state index in [1.165, 1.54) is 24.1 Å². The van der Waals surface area contributed by atoms with Gasteiger partial charge in [-0.25, -0.2) is 0 Å². The van der Waals surface area contributed by atoms with Gasteiger partial charge < -0.3 is 15.4 Å². The number of ether oxygens (including phenoxy) is 1. The second kappa shape index (κ2) is 6.55. The van der Waals surface area contributed by atoms with Gasteiger partial charge in [-0.3, -0.25) is 0 Å². The van der Waals surface area contributed by atoms with Gasteiger partial charge in [0.25, 0.3) is 0 Å². The number of hydrogen-bond acceptors (Lipinski definition) is 4. The summed E-state index contributed by atoms with van der Waals surface area (Å²) in [7, 11) is 0. The molecule has 3 atom stereocenters. The van der Waals surface area contributed by atoms with Crippen LogP contribution in [-0.2, 0) is 11.3 Å². The van der Waals surface area contributed by atoms with Crippen LogP contribution in [0.2, 0.25) is 4.34 Å². The molecule has 3 rings (SSSR count). The van der Waals surface area contributed by atoms with Gasteiger partial charge in [0.05, 0.1) is 17.6 Å². The van der Waals surface area contributed by atoms with Crippen molar-refractivity contribution in [2.45, 2.75) is 37.9 Å². The van der Waals surface area contributed by atoms with E-state index in [4.69, 9.17) is 16.3 Å². The number of rotatable bonds is 4. The first-order chi connectivity index (χ1) is 9.33. The minimum atomic E-state index is 0.528. The Labute approximate surface area is 123 Å². The van der Waals surface area contributed by atoms with Gasteiger partial charge in [0.15, 0.2) is 0 Å². The largest absolute Gasteiger partial charge is 0.379 e. The number of nitrogens with one attached hydrogen (secondary N) is 2. The number of thiophene rings is 1. The Morgan fingerprint density at radius 3 is 3.11 bits per heavy atom. The van der Waals surface area contributed by atoms with Crippen LogP contribution in [0.15, 0.2) is 12.1 Å². The van der Waals surface area contributed by atoms with E-state index in [0.29, 0.717) is 18.0 Å². The molecular formula is C14H21ClN2OS. The zero-order valence-electron chi connectivity index (χ0n) is 11.0. The van der Waals surface area contributed by atoms with E-state index in [1.54, 1.807) is 11.3 Å². The fourth-order valence-electron chi connectivity index (χ4n) is 3.26. The van der Waals surface area contributed by atoms with Gasteiger partial charge in [-0.1, -0.05) is 18.0 Å². The molecule has 1 saturated carbocycles. The molecule has 1 aliphatic carbocycles. The van der Waals surface area contributed by atoms with Crippen molar-refractivity contribution in [2.24, 2.45) is 5.92 Å². The first-order valence-electron chi connectivity index (χ1n) is 7.11. The van der Waals surface area contributed by atoms with Crippen LogP contribution in [0.3, 0.4) is 0 Å². The summed E-state index contributed by atoms with van der Waals surface area (Å²) in [4.78, 5) is 1.32. The van der Waals surface area contributed by atoms with Crippen LogP contribution < -0.4 is 10.6 Å². The number of hydrogen-bond donors (Lipinski definition) is 2. The molecule has 3 nitrogen and oxygen atoms in total. The molecule has 2 aliphatic rings. The standard InChI is InChI=1S/C14H21ClN2OS/c15-14-5-4-10(19-14)8-17-12-3-1-2-11(12)13-9-18-7-6-16-13/h4-5,11-13,16-17H,1-3,6-9H2. The van der Waals surface area contributed by atoms with Crippen LogP contribution in [0.1, 0.15) is 24.1 Å². The molecule has 2 heterocycles. The van der Waals surface area contributed by atoms with Crippen molar-refractivity contribution in [1.29, 1.82) is 0 Å². The lowest BCUT2D eigenvalue weighted by Crippen LogP contribution is -2.50. The van der Waals surface area contributed by atoms with Crippen LogP contribution in [-0.4, -0.2) is 31.8 Å². The molecule has 3 unspecified atom stereocenters. The van der Waals surface area contributed by atoms with Crippen molar-refractivity contribution < 1.29 is 4.74 Å². The Morgan fingerprint density at radius 1 is 1.42 bits per heavy atom. The summed E-state index contributed by atoms with van der Waals surface area (Å²) in [5, 5.41) is 7.32. The fraction of sp³-hybridized carbons (Fsp3) is 0.714. The SMILES string of the molecule is Clc1ccc(CNC2CCCC2C2COCCN2)s1. The van der Waals surface area contributed by atoms with Gasteiger partial charge in [0, 0.05) is 30.1 Å². The molecule has 0 aromatic carbocycles. The topological polar surface area (TPSA) is 33.3 Å². The fourth-order valence-corrected chi connectivity index (χ4v) is 4.30. The van der Waals surface area contributed by atoms with Crippen molar-refractivity contribution in [3.63, 3.8) is 0 Å². The second-order valence-electron chi connectivity index (χ2n) is 5.42. The van der Waals surface area contributed by atoms with Crippen molar-refractivity contribution in [2.75, 3.05) is 19.8 Å². The maximum atomic E-state index is 5.97. The summed E-state index contributed by atoms with van der Waals surface area (Å²) >= 11 is 7.64. The van der Waals surface area contributed by atoms with Crippen molar-refractivity contribution in [3.05, 3.63) is 21.3 Å². The Morgan fingerprint density at radius 2 is 2.37 bits per heavy atom. The third-order valence-electron chi connectivity index (χ3n) is 4.20. The van der Waals surface area contributed by atoms with Crippen LogP contribution >= 0.6 is 22.9 Å². The van der Waals surface area contributed by atoms with E-state index in [9.17, 15) is 0 Å². The summed E-state index contributed by atoms with van der Waals surface area (Å²) in [6, 6.07) is 5.23. The van der Waals surface area contributed by atoms with Gasteiger partial charge in [0.1, 0.15) is 0 Å². The summed E-state index contributed by atoms with van der Waals surface area (Å²) in [5.41, 5.74) is 0. The average Bonchev–Trinajstić information content (AvgIpc) is 3.06. The maximum absolute atomic E-state index is 5.97. The van der Waals surface area contributed by atoms with E-state index >= 15 is 0 Å². The number of morpholine rings is 1. The molecule has 106 valence electrons. The molecule has 0 spiro atoms. The van der Waals surface area contributed by atoms with Crippen molar-refractivity contribution in [3.8, 4) is 0 Å². The lowest BCUT2D eigenvalue weighted by molar-refractivity contribution is 0.0524. The number of halogens is 1. The highest BCUT2D eigenvalue weighted by Crippen LogP contribution is 2.30. The molecule has 0 bridgehead atoms. The molecule has 1 aromatic rings. The molecule has 1 aromatic heterocycles. The minimum Gasteiger partial charge on any atom is -0.379 e. The van der Waals surface area contributed by atoms with Gasteiger partial charge in [-0.05, 0) is 30.9 Å². The molecule has 1 saturated heterocycles. The Kier molecular flexibility index (Phi) is 4.77. The van der Waals surface area contributed by atoms with Crippen LogP contribution in [0.5, 0.6) is 0 Å². The second-order valence-corrected chi connectivity index (χ2v) is 7.22. The first-order valence-corrected chi connectivity index (χ1v) is 8.31. The highest BCUT2D eigenvalue weighted by molar-refractivity contribution is 7.16. The molecule has 2 fully saturated rings. The van der Waals surface area contributed by atoms with Crippen molar-refractivity contribution >= 4 is 22.9 Å². The average molecular weight is 301 g/mol. The Bertz CT molecular complexity index is 406. The quantitative estimate of drug-likeness (QED) is 0.897. The molecule has 19 heavy (non-hydrogen) atoms. The minimum absolute atomic E-state index is 0.528. The summed E-state index contributed by atoms with van der Waals surface area (Å²) in [6.45, 7) is 3.66. The first kappa shape index (κ1) is 13.8. The smallest absolute Gasteiger partial charge is 0.0931 e. The molecular weight excluding hydrogens is 280 g/mol. The molecule has 2 N–H and O–H groups in total. The lowest BCUT2D eigenvalue weighted by atomic mass is 9.94. The monoisotopic (exact) mass is 300 g/mol. The lowest BCUT2D eigenvalue weighted by Gasteiger charge is -2.33. The van der Waals surface area contributed by atoms with Crippen LogP contribution in [0, 0.1) is 5.92 Å². The van der Waals surface area contributed by atoms with E-state index in [0.717, 1.165) is 30.6 Å². The van der Waals surface area contributed by atoms with Crippen LogP contribution in [0.4, 0.5) is 0 Å². The maximum Gasteiger partial charge on any atom is 0.0931 e. The third-order valence-corrected chi connectivity index (χ3v) is 5.44. The normalized spacial score (nSPS) is 31.7. The molecule has 0 radical (unpaired) electrons. The highest BCUT2D eigenvalue weighted by atomic mass is 35.5. The molecule has 5 heteroatoms. The Hall–Kier alpha value is -0.130. The van der Waals surface area contributed by atoms with Gasteiger partial charge in [-0.2, -0.15) is 0 Å².